The van der Waals surface area contributed by atoms with Crippen molar-refractivity contribution >= 4 is 21.6 Å². The summed E-state index contributed by atoms with van der Waals surface area (Å²) in [5.41, 5.74) is 2.21. The molecule has 0 aromatic heterocycles. The first kappa shape index (κ1) is 20.6. The van der Waals surface area contributed by atoms with Crippen molar-refractivity contribution < 1.29 is 22.7 Å². The molecule has 0 saturated heterocycles. The van der Waals surface area contributed by atoms with E-state index in [4.69, 9.17) is 9.47 Å². The van der Waals surface area contributed by atoms with Crippen LogP contribution in [0.1, 0.15) is 34.5 Å². The van der Waals surface area contributed by atoms with E-state index in [1.54, 1.807) is 51.5 Å². The van der Waals surface area contributed by atoms with Gasteiger partial charge >= 0.3 is 0 Å². The molecule has 2 N–H and O–H groups in total. The highest BCUT2D eigenvalue weighted by Crippen LogP contribution is 2.29. The van der Waals surface area contributed by atoms with E-state index in [0.717, 1.165) is 17.4 Å². The van der Waals surface area contributed by atoms with Crippen LogP contribution in [-0.2, 0) is 10.0 Å². The van der Waals surface area contributed by atoms with Crippen molar-refractivity contribution in [2.75, 3.05) is 25.2 Å². The second-order valence-electron chi connectivity index (χ2n) is 6.21. The van der Waals surface area contributed by atoms with E-state index < -0.39 is 10.0 Å². The first-order valence-electron chi connectivity index (χ1n) is 8.26. The summed E-state index contributed by atoms with van der Waals surface area (Å²) >= 11 is 0. The smallest absolute Gasteiger partial charge is 0.251 e. The summed E-state index contributed by atoms with van der Waals surface area (Å²) in [4.78, 5) is 12.7. The Morgan fingerprint density at radius 2 is 1.78 bits per heavy atom. The van der Waals surface area contributed by atoms with Crippen molar-refractivity contribution in [3.63, 3.8) is 0 Å². The molecule has 0 fully saturated rings. The molecule has 27 heavy (non-hydrogen) atoms. The Balaban J connectivity index is 2.26. The van der Waals surface area contributed by atoms with E-state index in [0.29, 0.717) is 22.7 Å². The Hall–Kier alpha value is -2.74. The summed E-state index contributed by atoms with van der Waals surface area (Å²) in [5, 5.41) is 2.90. The normalized spacial score (nSPS) is 12.2. The number of hydrogen-bond donors (Lipinski definition) is 2. The minimum atomic E-state index is -3.44. The second kappa shape index (κ2) is 8.30. The minimum absolute atomic E-state index is 0.330. The van der Waals surface area contributed by atoms with Gasteiger partial charge in [0.25, 0.3) is 5.91 Å². The summed E-state index contributed by atoms with van der Waals surface area (Å²) in [5.74, 6) is 0.956. The van der Waals surface area contributed by atoms with Crippen LogP contribution in [0.15, 0.2) is 36.4 Å². The fraction of sp³-hybridized carbons (Fsp3) is 0.316. The quantitative estimate of drug-likeness (QED) is 0.756. The SMILES string of the molecule is COc1ccc(OC)c([C@@H](C)NC(=O)c2ccc(C)c(NS(C)(=O)=O)c2)c1. The minimum Gasteiger partial charge on any atom is -0.497 e. The molecule has 0 bridgehead atoms. The van der Waals surface area contributed by atoms with Crippen LogP contribution in [0.4, 0.5) is 5.69 Å². The standard InChI is InChI=1S/C19H24N2O5S/c1-12-6-7-14(10-17(12)21-27(5,23)24)19(22)20-13(2)16-11-15(25-3)8-9-18(16)26-4/h6-11,13,21H,1-5H3,(H,20,22)/t13-/m1/s1. The van der Waals surface area contributed by atoms with E-state index in [1.165, 1.54) is 6.07 Å². The van der Waals surface area contributed by atoms with Crippen molar-refractivity contribution in [2.24, 2.45) is 0 Å². The first-order valence-corrected chi connectivity index (χ1v) is 10.1. The van der Waals surface area contributed by atoms with Gasteiger partial charge < -0.3 is 14.8 Å². The number of carbonyl (C=O) groups is 1. The monoisotopic (exact) mass is 392 g/mol. The van der Waals surface area contributed by atoms with Gasteiger partial charge in [-0.3, -0.25) is 9.52 Å². The number of amides is 1. The molecule has 0 aliphatic heterocycles. The number of benzene rings is 2. The maximum Gasteiger partial charge on any atom is 0.251 e. The van der Waals surface area contributed by atoms with Gasteiger partial charge in [0.2, 0.25) is 10.0 Å². The van der Waals surface area contributed by atoms with Gasteiger partial charge in [-0.15, -0.1) is 0 Å². The van der Waals surface area contributed by atoms with E-state index in [2.05, 4.69) is 10.0 Å². The average Bonchev–Trinajstić information content (AvgIpc) is 2.61. The number of rotatable bonds is 7. The molecule has 2 aromatic rings. The highest BCUT2D eigenvalue weighted by Gasteiger charge is 2.17. The van der Waals surface area contributed by atoms with Crippen molar-refractivity contribution in [2.45, 2.75) is 19.9 Å². The Morgan fingerprint density at radius 3 is 2.37 bits per heavy atom. The number of anilines is 1. The fourth-order valence-electron chi connectivity index (χ4n) is 2.61. The number of hydrogen-bond acceptors (Lipinski definition) is 5. The van der Waals surface area contributed by atoms with Crippen LogP contribution in [0.2, 0.25) is 0 Å². The lowest BCUT2D eigenvalue weighted by atomic mass is 10.1. The van der Waals surface area contributed by atoms with E-state index in [9.17, 15) is 13.2 Å². The predicted octanol–water partition coefficient (Wildman–Crippen LogP) is 2.87. The predicted molar refractivity (Wildman–Crippen MR) is 105 cm³/mol. The summed E-state index contributed by atoms with van der Waals surface area (Å²) in [7, 11) is -0.312. The molecule has 0 saturated carbocycles. The van der Waals surface area contributed by atoms with E-state index in [1.807, 2.05) is 6.92 Å². The van der Waals surface area contributed by atoms with E-state index >= 15 is 0 Å². The van der Waals surface area contributed by atoms with Gasteiger partial charge in [-0.1, -0.05) is 6.07 Å². The lowest BCUT2D eigenvalue weighted by molar-refractivity contribution is 0.0939. The molecule has 2 rings (SSSR count). The third-order valence-corrected chi connectivity index (χ3v) is 4.64. The fourth-order valence-corrected chi connectivity index (χ4v) is 3.23. The third-order valence-electron chi connectivity index (χ3n) is 4.05. The Kier molecular flexibility index (Phi) is 6.32. The number of nitrogens with one attached hydrogen (secondary N) is 2. The first-order chi connectivity index (χ1) is 12.6. The molecule has 0 aliphatic carbocycles. The molecule has 1 atom stereocenters. The maximum atomic E-state index is 12.7. The van der Waals surface area contributed by atoms with Crippen LogP contribution in [-0.4, -0.2) is 34.8 Å². The molecule has 2 aromatic carbocycles. The van der Waals surface area contributed by atoms with Crippen molar-refractivity contribution in [3.8, 4) is 11.5 Å². The van der Waals surface area contributed by atoms with Crippen molar-refractivity contribution in [1.29, 1.82) is 0 Å². The van der Waals surface area contributed by atoms with Crippen LogP contribution in [0.25, 0.3) is 0 Å². The highest BCUT2D eigenvalue weighted by atomic mass is 32.2. The number of sulfonamides is 1. The molecule has 0 heterocycles. The molecule has 0 unspecified atom stereocenters. The average molecular weight is 392 g/mol. The zero-order chi connectivity index (χ0) is 20.2. The van der Waals surface area contributed by atoms with Crippen LogP contribution in [0.3, 0.4) is 0 Å². The Morgan fingerprint density at radius 1 is 1.07 bits per heavy atom. The van der Waals surface area contributed by atoms with Gasteiger partial charge in [-0.05, 0) is 49.7 Å². The Labute approximate surface area is 159 Å². The maximum absolute atomic E-state index is 12.7. The topological polar surface area (TPSA) is 93.7 Å². The Bertz CT molecular complexity index is 941. The van der Waals surface area contributed by atoms with Crippen LogP contribution < -0.4 is 19.5 Å². The van der Waals surface area contributed by atoms with Crippen molar-refractivity contribution in [1.82, 2.24) is 5.32 Å². The zero-order valence-corrected chi connectivity index (χ0v) is 16.8. The lowest BCUT2D eigenvalue weighted by Crippen LogP contribution is -2.27. The summed E-state index contributed by atoms with van der Waals surface area (Å²) < 4.78 is 36.0. The largest absolute Gasteiger partial charge is 0.497 e. The second-order valence-corrected chi connectivity index (χ2v) is 7.96. The van der Waals surface area contributed by atoms with Gasteiger partial charge in [0.05, 0.1) is 32.2 Å². The molecule has 1 amide bonds. The number of ether oxygens (including phenoxy) is 2. The molecule has 0 radical (unpaired) electrons. The molecular formula is C19H24N2O5S. The summed E-state index contributed by atoms with van der Waals surface area (Å²) in [6.07, 6.45) is 1.07. The molecule has 8 heteroatoms. The molecule has 0 aliphatic rings. The summed E-state index contributed by atoms with van der Waals surface area (Å²) in [6, 6.07) is 9.86. The van der Waals surface area contributed by atoms with Gasteiger partial charge in [0.1, 0.15) is 11.5 Å². The van der Waals surface area contributed by atoms with Crippen LogP contribution in [0, 0.1) is 6.92 Å². The molecule has 7 nitrogen and oxygen atoms in total. The summed E-state index contributed by atoms with van der Waals surface area (Å²) in [6.45, 7) is 3.60. The van der Waals surface area contributed by atoms with Gasteiger partial charge in [0.15, 0.2) is 0 Å². The highest BCUT2D eigenvalue weighted by molar-refractivity contribution is 7.92. The van der Waals surface area contributed by atoms with Gasteiger partial charge in [-0.25, -0.2) is 8.42 Å². The number of methoxy groups -OCH3 is 2. The van der Waals surface area contributed by atoms with E-state index in [-0.39, 0.29) is 11.9 Å². The van der Waals surface area contributed by atoms with Gasteiger partial charge in [0, 0.05) is 11.1 Å². The van der Waals surface area contributed by atoms with Crippen LogP contribution >= 0.6 is 0 Å². The molecular weight excluding hydrogens is 368 g/mol. The molecule has 146 valence electrons. The van der Waals surface area contributed by atoms with Crippen LogP contribution in [0.5, 0.6) is 11.5 Å². The molecule has 0 spiro atoms. The van der Waals surface area contributed by atoms with Crippen molar-refractivity contribution in [3.05, 3.63) is 53.1 Å². The lowest BCUT2D eigenvalue weighted by Gasteiger charge is -2.19. The zero-order valence-electron chi connectivity index (χ0n) is 16.0. The number of aryl methyl sites for hydroxylation is 1. The third kappa shape index (κ3) is 5.37. The van der Waals surface area contributed by atoms with Gasteiger partial charge in [-0.2, -0.15) is 0 Å². The number of carbonyl (C=O) groups excluding carboxylic acids is 1.